The van der Waals surface area contributed by atoms with Crippen molar-refractivity contribution in [2.45, 2.75) is 84.6 Å². The first-order valence-electron chi connectivity index (χ1n) is 10.7. The van der Waals surface area contributed by atoms with Crippen LogP contribution >= 0.6 is 0 Å². The number of rotatable bonds is 12. The average Bonchev–Trinajstić information content (AvgIpc) is 2.63. The van der Waals surface area contributed by atoms with E-state index in [1.807, 2.05) is 25.8 Å². The van der Waals surface area contributed by atoms with Crippen LogP contribution in [-0.2, 0) is 9.59 Å². The van der Waals surface area contributed by atoms with Gasteiger partial charge in [-0.1, -0.05) is 46.5 Å². The molecule has 0 atom stereocenters. The number of nitrogens with zero attached hydrogens (tertiary/aromatic N) is 1. The van der Waals surface area contributed by atoms with Gasteiger partial charge in [-0.3, -0.25) is 9.59 Å². The van der Waals surface area contributed by atoms with Crippen molar-refractivity contribution in [1.29, 1.82) is 0 Å². The monoisotopic (exact) mass is 367 g/mol. The van der Waals surface area contributed by atoms with Crippen LogP contribution in [0.15, 0.2) is 0 Å². The number of nitrogens with one attached hydrogen (secondary N) is 2. The van der Waals surface area contributed by atoms with Crippen LogP contribution in [0.2, 0.25) is 0 Å². The van der Waals surface area contributed by atoms with E-state index in [4.69, 9.17) is 0 Å². The van der Waals surface area contributed by atoms with Gasteiger partial charge in [-0.2, -0.15) is 0 Å². The van der Waals surface area contributed by atoms with Crippen LogP contribution < -0.4 is 10.6 Å². The molecule has 0 aliphatic heterocycles. The minimum absolute atomic E-state index is 0.0724. The molecule has 152 valence electrons. The summed E-state index contributed by atoms with van der Waals surface area (Å²) < 4.78 is 0. The Morgan fingerprint density at radius 3 is 2.31 bits per heavy atom. The van der Waals surface area contributed by atoms with Crippen LogP contribution in [0.4, 0.5) is 0 Å². The normalized spacial score (nSPS) is 20.2. The Balaban J connectivity index is 2.09. The molecule has 0 aromatic heterocycles. The minimum atomic E-state index is 0.0724. The molecule has 0 radical (unpaired) electrons. The maximum atomic E-state index is 12.0. The van der Waals surface area contributed by atoms with Crippen molar-refractivity contribution in [3.05, 3.63) is 0 Å². The number of hydrogen-bond donors (Lipinski definition) is 2. The fourth-order valence-corrected chi connectivity index (χ4v) is 3.72. The van der Waals surface area contributed by atoms with E-state index in [1.165, 1.54) is 25.7 Å². The predicted octanol–water partition coefficient (Wildman–Crippen LogP) is 3.34. The molecule has 0 saturated heterocycles. The van der Waals surface area contributed by atoms with Crippen LogP contribution in [0.3, 0.4) is 0 Å². The van der Waals surface area contributed by atoms with E-state index in [0.29, 0.717) is 18.5 Å². The molecular weight excluding hydrogens is 326 g/mol. The van der Waals surface area contributed by atoms with Gasteiger partial charge in [0.05, 0.1) is 6.54 Å². The van der Waals surface area contributed by atoms with Crippen LogP contribution in [0.25, 0.3) is 0 Å². The molecule has 0 unspecified atom stereocenters. The molecule has 0 spiro atoms. The Labute approximate surface area is 160 Å². The summed E-state index contributed by atoms with van der Waals surface area (Å²) in [4.78, 5) is 25.8. The van der Waals surface area contributed by atoms with Crippen LogP contribution in [0.5, 0.6) is 0 Å². The van der Waals surface area contributed by atoms with E-state index < -0.39 is 0 Å². The lowest BCUT2D eigenvalue weighted by atomic mass is 9.85. The van der Waals surface area contributed by atoms with Crippen LogP contribution in [0.1, 0.15) is 78.6 Å². The number of carbonyl (C=O) groups excluding carboxylic acids is 2. The van der Waals surface area contributed by atoms with E-state index >= 15 is 0 Å². The second-order valence-electron chi connectivity index (χ2n) is 8.24. The quantitative estimate of drug-likeness (QED) is 0.520. The van der Waals surface area contributed by atoms with Gasteiger partial charge in [-0.25, -0.2) is 0 Å². The molecule has 1 aliphatic rings. The third-order valence-electron chi connectivity index (χ3n) is 5.40. The molecule has 1 saturated carbocycles. The zero-order valence-electron chi connectivity index (χ0n) is 17.5. The van der Waals surface area contributed by atoms with E-state index in [9.17, 15) is 9.59 Å². The van der Waals surface area contributed by atoms with Gasteiger partial charge in [0.25, 0.3) is 0 Å². The molecule has 2 N–H and O–H groups in total. The Bertz CT molecular complexity index is 404. The van der Waals surface area contributed by atoms with Crippen molar-refractivity contribution < 1.29 is 9.59 Å². The molecule has 5 heteroatoms. The van der Waals surface area contributed by atoms with Crippen molar-refractivity contribution >= 4 is 11.8 Å². The molecular formula is C21H41N3O2. The lowest BCUT2D eigenvalue weighted by molar-refractivity contribution is -0.133. The van der Waals surface area contributed by atoms with Crippen LogP contribution in [0, 0.1) is 11.8 Å². The SMILES string of the molecule is CCCCCCCNC(=O)CNC1CCC(CN(C)C(=O)C(C)C)CC1. The zero-order chi connectivity index (χ0) is 19.4. The van der Waals surface area contributed by atoms with E-state index in [0.717, 1.165) is 45.2 Å². The molecule has 0 aromatic rings. The summed E-state index contributed by atoms with van der Waals surface area (Å²) in [6, 6.07) is 0.438. The summed E-state index contributed by atoms with van der Waals surface area (Å²) in [6.07, 6.45) is 10.6. The molecule has 0 heterocycles. The lowest BCUT2D eigenvalue weighted by Gasteiger charge is -2.32. The van der Waals surface area contributed by atoms with Crippen molar-refractivity contribution in [2.24, 2.45) is 11.8 Å². The molecule has 5 nitrogen and oxygen atoms in total. The summed E-state index contributed by atoms with van der Waals surface area (Å²) in [5.41, 5.74) is 0. The number of unbranched alkanes of at least 4 members (excludes halogenated alkanes) is 4. The highest BCUT2D eigenvalue weighted by Gasteiger charge is 2.24. The highest BCUT2D eigenvalue weighted by Crippen LogP contribution is 2.25. The predicted molar refractivity (Wildman–Crippen MR) is 108 cm³/mol. The first-order valence-corrected chi connectivity index (χ1v) is 10.7. The van der Waals surface area contributed by atoms with Gasteiger partial charge >= 0.3 is 0 Å². The van der Waals surface area contributed by atoms with Gasteiger partial charge in [0.15, 0.2) is 0 Å². The Morgan fingerprint density at radius 1 is 1.04 bits per heavy atom. The first kappa shape index (κ1) is 22.9. The molecule has 1 aliphatic carbocycles. The van der Waals surface area contributed by atoms with Crippen molar-refractivity contribution in [2.75, 3.05) is 26.7 Å². The van der Waals surface area contributed by atoms with Gasteiger partial charge in [-0.15, -0.1) is 0 Å². The molecule has 1 fully saturated rings. The maximum absolute atomic E-state index is 12.0. The van der Waals surface area contributed by atoms with E-state index in [2.05, 4.69) is 17.6 Å². The van der Waals surface area contributed by atoms with Crippen molar-refractivity contribution in [3.8, 4) is 0 Å². The first-order chi connectivity index (χ1) is 12.4. The van der Waals surface area contributed by atoms with Crippen molar-refractivity contribution in [3.63, 3.8) is 0 Å². The highest BCUT2D eigenvalue weighted by molar-refractivity contribution is 5.78. The molecule has 1 rings (SSSR count). The van der Waals surface area contributed by atoms with Gasteiger partial charge < -0.3 is 15.5 Å². The Kier molecular flexibility index (Phi) is 11.6. The Morgan fingerprint density at radius 2 is 1.69 bits per heavy atom. The largest absolute Gasteiger partial charge is 0.355 e. The molecule has 0 bridgehead atoms. The summed E-state index contributed by atoms with van der Waals surface area (Å²) in [5.74, 6) is 1.02. The summed E-state index contributed by atoms with van der Waals surface area (Å²) in [7, 11) is 1.92. The molecule has 2 amide bonds. The number of hydrogen-bond acceptors (Lipinski definition) is 3. The van der Waals surface area contributed by atoms with E-state index in [1.54, 1.807) is 0 Å². The summed E-state index contributed by atoms with van der Waals surface area (Å²) >= 11 is 0. The van der Waals surface area contributed by atoms with Crippen molar-refractivity contribution in [1.82, 2.24) is 15.5 Å². The van der Waals surface area contributed by atoms with Gasteiger partial charge in [-0.05, 0) is 38.0 Å². The summed E-state index contributed by atoms with van der Waals surface area (Å²) in [6.45, 7) is 8.21. The van der Waals surface area contributed by atoms with Gasteiger partial charge in [0, 0.05) is 32.1 Å². The third kappa shape index (κ3) is 9.56. The highest BCUT2D eigenvalue weighted by atomic mass is 16.2. The van der Waals surface area contributed by atoms with Gasteiger partial charge in [0.1, 0.15) is 0 Å². The van der Waals surface area contributed by atoms with Gasteiger partial charge in [0.2, 0.25) is 11.8 Å². The lowest BCUT2D eigenvalue weighted by Crippen LogP contribution is -2.42. The fraction of sp³-hybridized carbons (Fsp3) is 0.905. The summed E-state index contributed by atoms with van der Waals surface area (Å²) in [5, 5.41) is 6.42. The number of carbonyl (C=O) groups is 2. The molecule has 26 heavy (non-hydrogen) atoms. The maximum Gasteiger partial charge on any atom is 0.233 e. The van der Waals surface area contributed by atoms with Crippen LogP contribution in [-0.4, -0.2) is 49.4 Å². The second kappa shape index (κ2) is 13.1. The number of amides is 2. The minimum Gasteiger partial charge on any atom is -0.355 e. The Hall–Kier alpha value is -1.10. The second-order valence-corrected chi connectivity index (χ2v) is 8.24. The fourth-order valence-electron chi connectivity index (χ4n) is 3.72. The smallest absolute Gasteiger partial charge is 0.233 e. The average molecular weight is 368 g/mol. The molecule has 0 aromatic carbocycles. The third-order valence-corrected chi connectivity index (χ3v) is 5.40. The topological polar surface area (TPSA) is 61.4 Å². The standard InChI is InChI=1S/C21H41N3O2/c1-5-6-7-8-9-14-22-20(25)15-23-19-12-10-18(11-13-19)16-24(4)21(26)17(2)3/h17-19,23H,5-16H2,1-4H3,(H,22,25). The van der Waals surface area contributed by atoms with E-state index in [-0.39, 0.29) is 17.7 Å². The zero-order valence-corrected chi connectivity index (χ0v) is 17.5.